The molecule has 4 heteroatoms. The molecule has 0 aliphatic heterocycles. The second-order valence-electron chi connectivity index (χ2n) is 4.11. The molecule has 0 N–H and O–H groups in total. The summed E-state index contributed by atoms with van der Waals surface area (Å²) in [5.41, 5.74) is 0.480. The Morgan fingerprint density at radius 1 is 1.11 bits per heavy atom. The van der Waals surface area contributed by atoms with Crippen LogP contribution in [0.25, 0.3) is 0 Å². The van der Waals surface area contributed by atoms with Crippen molar-refractivity contribution in [3.63, 3.8) is 0 Å². The predicted molar refractivity (Wildman–Crippen MR) is 67.5 cm³/mol. The second kappa shape index (κ2) is 5.18. The number of ether oxygens (including phenoxy) is 1. The molecular formula is C15H12F2O2. The highest BCUT2D eigenvalue weighted by Crippen LogP contribution is 2.23. The van der Waals surface area contributed by atoms with Gasteiger partial charge >= 0.3 is 0 Å². The summed E-state index contributed by atoms with van der Waals surface area (Å²) in [7, 11) is 1.47. The van der Waals surface area contributed by atoms with E-state index >= 15 is 0 Å². The maximum Gasteiger partial charge on any atom is 0.199 e. The summed E-state index contributed by atoms with van der Waals surface area (Å²) in [6.07, 6.45) is 0. The quantitative estimate of drug-likeness (QED) is 0.791. The van der Waals surface area contributed by atoms with Gasteiger partial charge in [0.2, 0.25) is 0 Å². The SMILES string of the molecule is COc1cc(C(=O)c2c(F)cccc2F)ccc1C. The maximum absolute atomic E-state index is 13.6. The maximum atomic E-state index is 13.6. The zero-order valence-corrected chi connectivity index (χ0v) is 10.5. The molecular weight excluding hydrogens is 250 g/mol. The van der Waals surface area contributed by atoms with Gasteiger partial charge in [0.05, 0.1) is 12.7 Å². The molecule has 0 heterocycles. The van der Waals surface area contributed by atoms with Crippen LogP contribution in [-0.2, 0) is 0 Å². The van der Waals surface area contributed by atoms with Gasteiger partial charge in [-0.05, 0) is 30.7 Å². The highest BCUT2D eigenvalue weighted by atomic mass is 19.1. The normalized spacial score (nSPS) is 10.3. The number of benzene rings is 2. The lowest BCUT2D eigenvalue weighted by molar-refractivity contribution is 0.103. The molecule has 0 radical (unpaired) electrons. The van der Waals surface area contributed by atoms with Crippen LogP contribution in [0.2, 0.25) is 0 Å². The molecule has 0 saturated heterocycles. The van der Waals surface area contributed by atoms with Gasteiger partial charge in [0, 0.05) is 5.56 Å². The summed E-state index contributed by atoms with van der Waals surface area (Å²) in [4.78, 5) is 12.1. The fourth-order valence-corrected chi connectivity index (χ4v) is 1.82. The first-order valence-electron chi connectivity index (χ1n) is 5.68. The number of aryl methyl sites for hydroxylation is 1. The summed E-state index contributed by atoms with van der Waals surface area (Å²) in [5, 5.41) is 0. The van der Waals surface area contributed by atoms with Crippen LogP contribution in [0.3, 0.4) is 0 Å². The lowest BCUT2D eigenvalue weighted by Gasteiger charge is -2.08. The van der Waals surface area contributed by atoms with Gasteiger partial charge < -0.3 is 4.74 Å². The molecule has 2 aromatic rings. The lowest BCUT2D eigenvalue weighted by atomic mass is 10.0. The molecule has 98 valence electrons. The zero-order valence-electron chi connectivity index (χ0n) is 10.5. The van der Waals surface area contributed by atoms with Crippen molar-refractivity contribution >= 4 is 5.78 Å². The van der Waals surface area contributed by atoms with Crippen molar-refractivity contribution in [1.29, 1.82) is 0 Å². The van der Waals surface area contributed by atoms with Crippen molar-refractivity contribution < 1.29 is 18.3 Å². The largest absolute Gasteiger partial charge is 0.496 e. The number of hydrogen-bond donors (Lipinski definition) is 0. The molecule has 0 spiro atoms. The van der Waals surface area contributed by atoms with Gasteiger partial charge in [-0.25, -0.2) is 8.78 Å². The predicted octanol–water partition coefficient (Wildman–Crippen LogP) is 3.51. The molecule has 0 unspecified atom stereocenters. The number of methoxy groups -OCH3 is 1. The topological polar surface area (TPSA) is 26.3 Å². The number of carbonyl (C=O) groups excluding carboxylic acids is 1. The van der Waals surface area contributed by atoms with Gasteiger partial charge in [-0.15, -0.1) is 0 Å². The Balaban J connectivity index is 2.50. The number of carbonyl (C=O) groups is 1. The van der Waals surface area contributed by atoms with E-state index in [1.165, 1.54) is 25.3 Å². The minimum Gasteiger partial charge on any atom is -0.496 e. The van der Waals surface area contributed by atoms with Crippen LogP contribution in [0, 0.1) is 18.6 Å². The smallest absolute Gasteiger partial charge is 0.199 e. The second-order valence-corrected chi connectivity index (χ2v) is 4.11. The van der Waals surface area contributed by atoms with Gasteiger partial charge in [0.1, 0.15) is 17.4 Å². The van der Waals surface area contributed by atoms with E-state index in [1.54, 1.807) is 6.07 Å². The van der Waals surface area contributed by atoms with E-state index in [2.05, 4.69) is 0 Å². The molecule has 2 aromatic carbocycles. The van der Waals surface area contributed by atoms with E-state index in [9.17, 15) is 13.6 Å². The third kappa shape index (κ3) is 2.47. The highest BCUT2D eigenvalue weighted by molar-refractivity contribution is 6.09. The fraction of sp³-hybridized carbons (Fsp3) is 0.133. The van der Waals surface area contributed by atoms with Crippen LogP contribution in [0.1, 0.15) is 21.5 Å². The number of hydrogen-bond acceptors (Lipinski definition) is 2. The molecule has 0 fully saturated rings. The van der Waals surface area contributed by atoms with Crippen LogP contribution in [-0.4, -0.2) is 12.9 Å². The number of rotatable bonds is 3. The average Bonchev–Trinajstić information content (AvgIpc) is 2.39. The van der Waals surface area contributed by atoms with Gasteiger partial charge in [-0.2, -0.15) is 0 Å². The Morgan fingerprint density at radius 2 is 1.74 bits per heavy atom. The Labute approximate surface area is 109 Å². The zero-order chi connectivity index (χ0) is 14.0. The first-order chi connectivity index (χ1) is 9.04. The first kappa shape index (κ1) is 13.2. The Morgan fingerprint density at radius 3 is 2.32 bits per heavy atom. The van der Waals surface area contributed by atoms with E-state index in [1.807, 2.05) is 6.92 Å². The molecule has 0 amide bonds. The van der Waals surface area contributed by atoms with Gasteiger partial charge in [0.25, 0.3) is 0 Å². The summed E-state index contributed by atoms with van der Waals surface area (Å²) in [5.74, 6) is -1.94. The Kier molecular flexibility index (Phi) is 3.60. The molecule has 19 heavy (non-hydrogen) atoms. The third-order valence-corrected chi connectivity index (χ3v) is 2.86. The van der Waals surface area contributed by atoms with Crippen LogP contribution in [0.5, 0.6) is 5.75 Å². The van der Waals surface area contributed by atoms with Gasteiger partial charge in [-0.1, -0.05) is 18.2 Å². The monoisotopic (exact) mass is 262 g/mol. The molecule has 0 aromatic heterocycles. The lowest BCUT2D eigenvalue weighted by Crippen LogP contribution is -2.07. The van der Waals surface area contributed by atoms with E-state index in [0.717, 1.165) is 17.7 Å². The number of halogens is 2. The minimum atomic E-state index is -0.871. The van der Waals surface area contributed by atoms with Crippen molar-refractivity contribution in [3.05, 3.63) is 64.7 Å². The summed E-state index contributed by atoms with van der Waals surface area (Å²) < 4.78 is 32.2. The molecule has 2 nitrogen and oxygen atoms in total. The summed E-state index contributed by atoms with van der Waals surface area (Å²) in [6.45, 7) is 1.82. The summed E-state index contributed by atoms with van der Waals surface area (Å²) in [6, 6.07) is 8.00. The fourth-order valence-electron chi connectivity index (χ4n) is 1.82. The number of ketones is 1. The average molecular weight is 262 g/mol. The van der Waals surface area contributed by atoms with Crippen LogP contribution in [0.15, 0.2) is 36.4 Å². The van der Waals surface area contributed by atoms with Crippen LogP contribution < -0.4 is 4.74 Å². The van der Waals surface area contributed by atoms with E-state index < -0.39 is 23.0 Å². The molecule has 0 bridgehead atoms. The van der Waals surface area contributed by atoms with E-state index in [0.29, 0.717) is 5.75 Å². The first-order valence-corrected chi connectivity index (χ1v) is 5.68. The molecule has 0 atom stereocenters. The van der Waals surface area contributed by atoms with Crippen molar-refractivity contribution in [2.24, 2.45) is 0 Å². The minimum absolute atomic E-state index is 0.187. The molecule has 0 aliphatic carbocycles. The van der Waals surface area contributed by atoms with E-state index in [-0.39, 0.29) is 5.56 Å². The Hall–Kier alpha value is -2.23. The molecule has 0 aliphatic rings. The molecule has 0 saturated carbocycles. The third-order valence-electron chi connectivity index (χ3n) is 2.86. The van der Waals surface area contributed by atoms with Crippen molar-refractivity contribution in [2.75, 3.05) is 7.11 Å². The standard InChI is InChI=1S/C15H12F2O2/c1-9-6-7-10(8-13(9)19-2)15(18)14-11(16)4-3-5-12(14)17/h3-8H,1-2H3. The van der Waals surface area contributed by atoms with Crippen LogP contribution in [0.4, 0.5) is 8.78 Å². The van der Waals surface area contributed by atoms with Crippen molar-refractivity contribution in [2.45, 2.75) is 6.92 Å². The van der Waals surface area contributed by atoms with Gasteiger partial charge in [-0.3, -0.25) is 4.79 Å². The highest BCUT2D eigenvalue weighted by Gasteiger charge is 2.19. The van der Waals surface area contributed by atoms with Gasteiger partial charge in [0.15, 0.2) is 5.78 Å². The summed E-state index contributed by atoms with van der Waals surface area (Å²) >= 11 is 0. The van der Waals surface area contributed by atoms with E-state index in [4.69, 9.17) is 4.74 Å². The Bertz CT molecular complexity index is 616. The molecule has 2 rings (SSSR count). The van der Waals surface area contributed by atoms with Crippen molar-refractivity contribution in [3.8, 4) is 5.75 Å². The van der Waals surface area contributed by atoms with Crippen LogP contribution >= 0.6 is 0 Å². The van der Waals surface area contributed by atoms with Crippen molar-refractivity contribution in [1.82, 2.24) is 0 Å².